The van der Waals surface area contributed by atoms with Gasteiger partial charge in [0, 0.05) is 105 Å². The third kappa shape index (κ3) is 10.7. The molecule has 12 aromatic rings. The predicted octanol–water partition coefficient (Wildman–Crippen LogP) is 11.7. The highest BCUT2D eigenvalue weighted by molar-refractivity contribution is 6.19. The molecule has 23 nitrogen and oxygen atoms in total. The van der Waals surface area contributed by atoms with Gasteiger partial charge in [-0.15, -0.1) is 0 Å². The Hall–Kier alpha value is -9.74. The quantitative estimate of drug-likeness (QED) is 0.0903. The van der Waals surface area contributed by atoms with E-state index in [1.54, 1.807) is 0 Å². The Kier molecular flexibility index (Phi) is 16.0. The summed E-state index contributed by atoms with van der Waals surface area (Å²) in [6, 6.07) is 12.1. The van der Waals surface area contributed by atoms with Crippen molar-refractivity contribution >= 4 is 83.1 Å². The van der Waals surface area contributed by atoms with Gasteiger partial charge in [-0.3, -0.25) is 45.0 Å². The smallest absolute Gasteiger partial charge is 0.275 e. The maximum Gasteiger partial charge on any atom is 0.275 e. The molecule has 3 amide bonds. The molecule has 0 radical (unpaired) electrons. The first-order valence-corrected chi connectivity index (χ1v) is 34.4. The van der Waals surface area contributed by atoms with Crippen molar-refractivity contribution in [2.45, 2.75) is 144 Å². The maximum atomic E-state index is 13.5. The van der Waals surface area contributed by atoms with E-state index in [1.807, 2.05) is 98.2 Å². The first kappa shape index (κ1) is 61.2. The van der Waals surface area contributed by atoms with E-state index in [0.717, 1.165) is 213 Å². The lowest BCUT2D eigenvalue weighted by molar-refractivity contribution is -0.0125. The number of H-pyrrole nitrogens is 6. The maximum absolute atomic E-state index is 13.5. The van der Waals surface area contributed by atoms with Crippen LogP contribution in [-0.4, -0.2) is 173 Å². The van der Waals surface area contributed by atoms with Gasteiger partial charge in [0.25, 0.3) is 17.7 Å². The number of ether oxygens (including phenoxy) is 2. The van der Waals surface area contributed by atoms with E-state index in [4.69, 9.17) is 24.4 Å². The number of pyridine rings is 3. The van der Waals surface area contributed by atoms with Gasteiger partial charge in [-0.2, -0.15) is 30.6 Å². The van der Waals surface area contributed by atoms with Crippen molar-refractivity contribution in [3.8, 4) is 33.8 Å². The van der Waals surface area contributed by atoms with Gasteiger partial charge in [0.05, 0.1) is 94.2 Å². The first-order chi connectivity index (χ1) is 46.8. The number of hydrogen-bond acceptors (Lipinski definition) is 14. The summed E-state index contributed by atoms with van der Waals surface area (Å²) in [7, 11) is 0. The molecule has 9 aromatic heterocycles. The molecule has 6 aliphatic rings. The summed E-state index contributed by atoms with van der Waals surface area (Å²) in [6.07, 6.45) is 20.7. The van der Waals surface area contributed by atoms with Crippen LogP contribution in [0.25, 0.3) is 99.2 Å². The lowest BCUT2D eigenvalue weighted by Crippen LogP contribution is -2.44. The van der Waals surface area contributed by atoms with Crippen molar-refractivity contribution in [1.29, 1.82) is 0 Å². The summed E-state index contributed by atoms with van der Waals surface area (Å²) in [5, 5.41) is 50.6. The number of likely N-dealkylation sites (tertiary alicyclic amines) is 1. The van der Waals surface area contributed by atoms with Crippen molar-refractivity contribution in [3.05, 3.63) is 123 Å². The zero-order valence-corrected chi connectivity index (χ0v) is 55.4. The second kappa shape index (κ2) is 25.1. The average molecular weight is 1290 g/mol. The van der Waals surface area contributed by atoms with Crippen LogP contribution in [0.15, 0.2) is 55.0 Å². The number of aromatic nitrogens is 15. The molecule has 0 spiro atoms. The Balaban J connectivity index is 0.000000113. The molecule has 3 atom stereocenters. The fraction of sp³-hybridized carbons (Fsp3) is 0.425. The van der Waals surface area contributed by atoms with E-state index in [-0.39, 0.29) is 29.9 Å². The second-order valence-corrected chi connectivity index (χ2v) is 27.3. The largest absolute Gasteiger partial charge is 0.375 e. The Morgan fingerprint density at radius 2 is 0.740 bits per heavy atom. The molecule has 492 valence electrons. The molecule has 3 fully saturated rings. The summed E-state index contributed by atoms with van der Waals surface area (Å²) in [4.78, 5) is 61.5. The number of fused-ring (bicyclic) bond motifs is 15. The van der Waals surface area contributed by atoms with E-state index < -0.39 is 0 Å². The van der Waals surface area contributed by atoms with Gasteiger partial charge in [-0.25, -0.2) is 15.0 Å². The van der Waals surface area contributed by atoms with Gasteiger partial charge < -0.3 is 24.2 Å². The fourth-order valence-electron chi connectivity index (χ4n) is 16.1. The average Bonchev–Trinajstić information content (AvgIpc) is 1.43. The van der Waals surface area contributed by atoms with Crippen LogP contribution in [0.3, 0.4) is 0 Å². The van der Waals surface area contributed by atoms with Crippen molar-refractivity contribution in [2.24, 2.45) is 5.92 Å². The van der Waals surface area contributed by atoms with Gasteiger partial charge in [0.1, 0.15) is 0 Å². The zero-order valence-electron chi connectivity index (χ0n) is 55.4. The summed E-state index contributed by atoms with van der Waals surface area (Å²) in [5.74, 6) is 0.482. The highest BCUT2D eigenvalue weighted by Gasteiger charge is 2.34. The standard InChI is InChI=1S/C25H28N6O.2C24H26N6O2/c1-14-6-5-11-31(13-14)25(32)24-22-20(29-30-24)10-9-19-21(22)16-7-3-4-8-17(16)23(27-19)18-12-26-28-15(18)2;2*1-13-12-30(9-10-32-13)24(31)23-21-19(28-29-23)8-7-18-20(21)15-5-3-4-6-16(15)22(26-18)17-11-25-27-14(17)2/h9-10,12,14H,3-8,11,13H2,1-2H3,(H,26,28)(H,29,30);2*7-8,11,13H,3-6,9-10,12H2,1-2H3,(H,25,27)(H,28,29)/t14-;2*13-/m110/s1. The number of aromatic amines is 6. The highest BCUT2D eigenvalue weighted by atomic mass is 16.5. The molecule has 3 aliphatic heterocycles. The third-order valence-electron chi connectivity index (χ3n) is 20.9. The van der Waals surface area contributed by atoms with Crippen LogP contribution >= 0.6 is 0 Å². The van der Waals surface area contributed by atoms with Crippen molar-refractivity contribution < 1.29 is 23.9 Å². The van der Waals surface area contributed by atoms with E-state index in [0.29, 0.717) is 62.4 Å². The van der Waals surface area contributed by atoms with Gasteiger partial charge in [0.2, 0.25) is 0 Å². The van der Waals surface area contributed by atoms with Crippen LogP contribution < -0.4 is 0 Å². The molecule has 0 unspecified atom stereocenters. The van der Waals surface area contributed by atoms with Crippen molar-refractivity contribution in [3.63, 3.8) is 0 Å². The SMILES string of the molecule is Cc1[nH]ncc1-c1nc2ccc3[nH]nc(C(=O)N4CCC[C@@H](C)C4)c3c2c2c1CCCC2.Cc1[nH]ncc1-c1nc2ccc3[nH]nc(C(=O)N4CCO[C@@H](C)C4)c3c2c2c1CCCC2.Cc1[nH]ncc1-c1nc2ccc3[nH]nc(C(=O)N4CCO[C@H](C)C4)c3c2c2c1CCCC2. The number of nitrogens with one attached hydrogen (secondary N) is 6. The lowest BCUT2D eigenvalue weighted by atomic mass is 9.85. The number of hydrogen-bond donors (Lipinski definition) is 6. The molecule has 23 heteroatoms. The molecule has 96 heavy (non-hydrogen) atoms. The van der Waals surface area contributed by atoms with Crippen LogP contribution in [0.2, 0.25) is 0 Å². The number of carbonyl (C=O) groups excluding carboxylic acids is 3. The molecule has 6 N–H and O–H groups in total. The van der Waals surface area contributed by atoms with E-state index in [2.05, 4.69) is 74.2 Å². The molecular weight excluding hydrogens is 1210 g/mol. The van der Waals surface area contributed by atoms with Gasteiger partial charge in [0.15, 0.2) is 17.1 Å². The summed E-state index contributed by atoms with van der Waals surface area (Å²) >= 11 is 0. The van der Waals surface area contributed by atoms with E-state index >= 15 is 0 Å². The normalized spacial score (nSPS) is 18.9. The fourth-order valence-corrected chi connectivity index (χ4v) is 16.1. The number of morpholine rings is 2. The number of benzene rings is 3. The number of nitrogens with zero attached hydrogens (tertiary/aromatic N) is 12. The van der Waals surface area contributed by atoms with Gasteiger partial charge in [-0.1, -0.05) is 6.92 Å². The number of rotatable bonds is 6. The number of amides is 3. The second-order valence-electron chi connectivity index (χ2n) is 27.3. The molecular formula is C73H80N18O5. The highest BCUT2D eigenvalue weighted by Crippen LogP contribution is 2.44. The number of aryl methyl sites for hydroxylation is 6. The molecule has 3 aliphatic carbocycles. The van der Waals surface area contributed by atoms with E-state index in [1.165, 1.54) is 39.8 Å². The third-order valence-corrected chi connectivity index (χ3v) is 20.9. The van der Waals surface area contributed by atoms with Gasteiger partial charge in [-0.05, 0) is 200 Å². The molecule has 12 heterocycles. The summed E-state index contributed by atoms with van der Waals surface area (Å²) < 4.78 is 11.3. The molecule has 0 bridgehead atoms. The number of piperidine rings is 1. The zero-order chi connectivity index (χ0) is 65.5. The monoisotopic (exact) mass is 1290 g/mol. The Morgan fingerprint density at radius 3 is 1.05 bits per heavy atom. The van der Waals surface area contributed by atoms with Crippen molar-refractivity contribution in [2.75, 3.05) is 52.5 Å². The minimum absolute atomic E-state index is 0.0323. The van der Waals surface area contributed by atoms with Crippen LogP contribution in [0.5, 0.6) is 0 Å². The Labute approximate surface area is 553 Å². The predicted molar refractivity (Wildman–Crippen MR) is 368 cm³/mol. The van der Waals surface area contributed by atoms with E-state index in [9.17, 15) is 14.4 Å². The Bertz CT molecular complexity index is 4550. The van der Waals surface area contributed by atoms with Crippen molar-refractivity contribution in [1.82, 2.24) is 90.8 Å². The lowest BCUT2D eigenvalue weighted by Gasteiger charge is -2.30. The first-order valence-electron chi connectivity index (χ1n) is 34.4. The van der Waals surface area contributed by atoms with Crippen LogP contribution in [0.4, 0.5) is 0 Å². The minimum Gasteiger partial charge on any atom is -0.375 e. The summed E-state index contributed by atoms with van der Waals surface area (Å²) in [5.41, 5.74) is 24.0. The molecule has 3 saturated heterocycles. The number of carbonyl (C=O) groups is 3. The summed E-state index contributed by atoms with van der Waals surface area (Å²) in [6.45, 7) is 17.4. The van der Waals surface area contributed by atoms with Crippen LogP contribution in [-0.2, 0) is 48.0 Å². The van der Waals surface area contributed by atoms with Crippen LogP contribution in [0, 0.1) is 26.7 Å². The molecule has 0 saturated carbocycles. The van der Waals surface area contributed by atoms with Gasteiger partial charge >= 0.3 is 0 Å². The molecule has 18 rings (SSSR count). The minimum atomic E-state index is -0.0433. The topological polar surface area (TPSA) is 290 Å². The molecule has 3 aromatic carbocycles. The Morgan fingerprint density at radius 1 is 0.406 bits per heavy atom. The van der Waals surface area contributed by atoms with Crippen LogP contribution in [0.1, 0.15) is 154 Å².